The van der Waals surface area contributed by atoms with Gasteiger partial charge in [0.05, 0.1) is 17.8 Å². The van der Waals surface area contributed by atoms with E-state index in [1.165, 1.54) is 0 Å². The van der Waals surface area contributed by atoms with Crippen LogP contribution in [-0.2, 0) is 6.54 Å². The smallest absolute Gasteiger partial charge is 0.255 e. The first kappa shape index (κ1) is 20.1. The van der Waals surface area contributed by atoms with Crippen molar-refractivity contribution >= 4 is 17.1 Å². The SMILES string of the molecule is O=C(c1cccnc1)N1CCCC(c2nn(CCOc3ccccc3)c3nccnc23)C1. The number of carbonyl (C=O) groups excluding carboxylic acids is 1. The van der Waals surface area contributed by atoms with Crippen molar-refractivity contribution in [2.75, 3.05) is 19.7 Å². The highest BCUT2D eigenvalue weighted by Gasteiger charge is 2.29. The fraction of sp³-hybridized carbons (Fsp3) is 0.292. The van der Waals surface area contributed by atoms with Crippen molar-refractivity contribution in [3.05, 3.63) is 78.5 Å². The molecule has 3 aromatic heterocycles. The molecule has 1 atom stereocenters. The number of amides is 1. The van der Waals surface area contributed by atoms with Crippen molar-refractivity contribution in [1.29, 1.82) is 0 Å². The largest absolute Gasteiger partial charge is 0.492 e. The highest BCUT2D eigenvalue weighted by atomic mass is 16.5. The minimum Gasteiger partial charge on any atom is -0.492 e. The van der Waals surface area contributed by atoms with E-state index < -0.39 is 0 Å². The number of carbonyl (C=O) groups is 1. The van der Waals surface area contributed by atoms with Gasteiger partial charge in [-0.15, -0.1) is 0 Å². The van der Waals surface area contributed by atoms with Crippen LogP contribution in [0, 0.1) is 0 Å². The quantitative estimate of drug-likeness (QED) is 0.468. The topological polar surface area (TPSA) is 86.0 Å². The molecule has 0 N–H and O–H groups in total. The summed E-state index contributed by atoms with van der Waals surface area (Å²) >= 11 is 0. The average molecular weight is 428 g/mol. The molecule has 8 nitrogen and oxygen atoms in total. The van der Waals surface area contributed by atoms with Crippen LogP contribution in [-0.4, -0.2) is 55.2 Å². The Labute approximate surface area is 185 Å². The zero-order valence-corrected chi connectivity index (χ0v) is 17.7. The van der Waals surface area contributed by atoms with E-state index in [2.05, 4.69) is 15.0 Å². The lowest BCUT2D eigenvalue weighted by Crippen LogP contribution is -2.39. The molecular formula is C24H24N6O2. The Kier molecular flexibility index (Phi) is 5.74. The molecule has 1 aliphatic heterocycles. The summed E-state index contributed by atoms with van der Waals surface area (Å²) in [6.07, 6.45) is 8.55. The minimum absolute atomic E-state index is 0.00823. The Morgan fingerprint density at radius 2 is 1.94 bits per heavy atom. The summed E-state index contributed by atoms with van der Waals surface area (Å²) in [5.41, 5.74) is 3.06. The van der Waals surface area contributed by atoms with Crippen LogP contribution in [0.25, 0.3) is 11.2 Å². The lowest BCUT2D eigenvalue weighted by molar-refractivity contribution is 0.0705. The van der Waals surface area contributed by atoms with Gasteiger partial charge in [-0.1, -0.05) is 18.2 Å². The Bertz CT molecular complexity index is 1200. The number of hydrogen-bond acceptors (Lipinski definition) is 6. The van der Waals surface area contributed by atoms with Gasteiger partial charge in [0.25, 0.3) is 5.91 Å². The number of likely N-dealkylation sites (tertiary alicyclic amines) is 1. The molecule has 1 aromatic carbocycles. The molecule has 1 unspecified atom stereocenters. The third kappa shape index (κ3) is 4.16. The van der Waals surface area contributed by atoms with Crippen LogP contribution in [0.1, 0.15) is 34.8 Å². The molecule has 8 heteroatoms. The molecule has 0 saturated carbocycles. The monoisotopic (exact) mass is 428 g/mol. The summed E-state index contributed by atoms with van der Waals surface area (Å²) in [6, 6.07) is 13.3. The van der Waals surface area contributed by atoms with Crippen LogP contribution in [0.3, 0.4) is 0 Å². The third-order valence-corrected chi connectivity index (χ3v) is 5.71. The Hall–Kier alpha value is -3.81. The second-order valence-electron chi connectivity index (χ2n) is 7.83. The van der Waals surface area contributed by atoms with E-state index in [1.54, 1.807) is 36.9 Å². The van der Waals surface area contributed by atoms with Crippen LogP contribution in [0.5, 0.6) is 5.75 Å². The number of fused-ring (bicyclic) bond motifs is 1. The Morgan fingerprint density at radius 1 is 1.06 bits per heavy atom. The van der Waals surface area contributed by atoms with E-state index in [0.29, 0.717) is 25.3 Å². The van der Waals surface area contributed by atoms with E-state index in [-0.39, 0.29) is 11.8 Å². The van der Waals surface area contributed by atoms with E-state index in [0.717, 1.165) is 42.0 Å². The molecule has 0 bridgehead atoms. The van der Waals surface area contributed by atoms with Gasteiger partial charge in [-0.3, -0.25) is 9.78 Å². The molecule has 1 fully saturated rings. The summed E-state index contributed by atoms with van der Waals surface area (Å²) in [7, 11) is 0. The van der Waals surface area contributed by atoms with Crippen molar-refractivity contribution in [2.45, 2.75) is 25.3 Å². The van der Waals surface area contributed by atoms with Crippen molar-refractivity contribution in [2.24, 2.45) is 0 Å². The lowest BCUT2D eigenvalue weighted by Gasteiger charge is -2.32. The second kappa shape index (κ2) is 9.13. The molecule has 1 aliphatic rings. The number of pyridine rings is 1. The van der Waals surface area contributed by atoms with Gasteiger partial charge in [-0.05, 0) is 37.1 Å². The van der Waals surface area contributed by atoms with Gasteiger partial charge in [-0.25, -0.2) is 14.6 Å². The summed E-state index contributed by atoms with van der Waals surface area (Å²) in [5, 5.41) is 4.87. The van der Waals surface area contributed by atoms with Crippen molar-refractivity contribution in [3.63, 3.8) is 0 Å². The van der Waals surface area contributed by atoms with Crippen LogP contribution in [0.2, 0.25) is 0 Å². The summed E-state index contributed by atoms with van der Waals surface area (Å²) in [5.74, 6) is 0.945. The molecule has 0 spiro atoms. The van der Waals surface area contributed by atoms with Crippen LogP contribution in [0.15, 0.2) is 67.3 Å². The predicted molar refractivity (Wildman–Crippen MR) is 119 cm³/mol. The number of aromatic nitrogens is 5. The van der Waals surface area contributed by atoms with E-state index in [9.17, 15) is 4.79 Å². The molecular weight excluding hydrogens is 404 g/mol. The molecule has 5 rings (SSSR count). The molecule has 162 valence electrons. The molecule has 0 radical (unpaired) electrons. The first-order chi connectivity index (χ1) is 15.8. The summed E-state index contributed by atoms with van der Waals surface area (Å²) < 4.78 is 7.71. The average Bonchev–Trinajstić information content (AvgIpc) is 3.24. The first-order valence-corrected chi connectivity index (χ1v) is 10.8. The molecule has 0 aliphatic carbocycles. The summed E-state index contributed by atoms with van der Waals surface area (Å²) in [4.78, 5) is 28.0. The second-order valence-corrected chi connectivity index (χ2v) is 7.83. The Balaban J connectivity index is 1.35. The standard InChI is InChI=1S/C24H24N6O2/c31-24(18-6-4-10-25-16-18)29-13-5-7-19(17-29)21-22-23(27-12-11-26-22)30(28-21)14-15-32-20-8-2-1-3-9-20/h1-4,6,8-12,16,19H,5,7,13-15,17H2. The molecule has 4 aromatic rings. The number of hydrogen-bond donors (Lipinski definition) is 0. The van der Waals surface area contributed by atoms with E-state index in [4.69, 9.17) is 9.84 Å². The van der Waals surface area contributed by atoms with Crippen molar-refractivity contribution in [3.8, 4) is 5.75 Å². The van der Waals surface area contributed by atoms with Gasteiger partial charge in [0, 0.05) is 43.8 Å². The number of ether oxygens (including phenoxy) is 1. The summed E-state index contributed by atoms with van der Waals surface area (Å²) in [6.45, 7) is 2.39. The molecule has 32 heavy (non-hydrogen) atoms. The Morgan fingerprint density at radius 3 is 2.78 bits per heavy atom. The van der Waals surface area contributed by atoms with Gasteiger partial charge < -0.3 is 9.64 Å². The highest BCUT2D eigenvalue weighted by molar-refractivity contribution is 5.94. The van der Waals surface area contributed by atoms with E-state index >= 15 is 0 Å². The number of piperidine rings is 1. The van der Waals surface area contributed by atoms with Gasteiger partial charge in [0.2, 0.25) is 0 Å². The van der Waals surface area contributed by atoms with Crippen LogP contribution >= 0.6 is 0 Å². The molecule has 4 heterocycles. The maximum absolute atomic E-state index is 12.9. The predicted octanol–water partition coefficient (Wildman–Crippen LogP) is 3.32. The van der Waals surface area contributed by atoms with Crippen LogP contribution < -0.4 is 4.74 Å². The first-order valence-electron chi connectivity index (χ1n) is 10.8. The number of benzene rings is 1. The van der Waals surface area contributed by atoms with Crippen molar-refractivity contribution in [1.82, 2.24) is 29.6 Å². The van der Waals surface area contributed by atoms with Crippen LogP contribution in [0.4, 0.5) is 0 Å². The normalized spacial score (nSPS) is 16.2. The minimum atomic E-state index is 0.00823. The molecule has 1 amide bonds. The van der Waals surface area contributed by atoms with Gasteiger partial charge in [0.1, 0.15) is 17.9 Å². The van der Waals surface area contributed by atoms with E-state index in [1.807, 2.05) is 39.9 Å². The zero-order chi connectivity index (χ0) is 21.8. The maximum atomic E-state index is 12.9. The van der Waals surface area contributed by atoms with Gasteiger partial charge in [-0.2, -0.15) is 5.10 Å². The van der Waals surface area contributed by atoms with Gasteiger partial charge in [0.15, 0.2) is 5.65 Å². The van der Waals surface area contributed by atoms with Crippen molar-refractivity contribution < 1.29 is 9.53 Å². The number of para-hydroxylation sites is 1. The molecule has 1 saturated heterocycles. The fourth-order valence-electron chi connectivity index (χ4n) is 4.18. The third-order valence-electron chi connectivity index (χ3n) is 5.71. The fourth-order valence-corrected chi connectivity index (χ4v) is 4.18. The number of rotatable bonds is 6. The zero-order valence-electron chi connectivity index (χ0n) is 17.7. The lowest BCUT2D eigenvalue weighted by atomic mass is 9.94. The van der Waals surface area contributed by atoms with Gasteiger partial charge >= 0.3 is 0 Å². The highest BCUT2D eigenvalue weighted by Crippen LogP contribution is 2.30. The maximum Gasteiger partial charge on any atom is 0.255 e. The number of nitrogens with zero attached hydrogens (tertiary/aromatic N) is 6.